The van der Waals surface area contributed by atoms with Crippen molar-refractivity contribution in [3.63, 3.8) is 0 Å². The molecule has 5 heteroatoms. The first-order valence-corrected chi connectivity index (χ1v) is 8.80. The minimum absolute atomic E-state index is 0.713. The van der Waals surface area contributed by atoms with Gasteiger partial charge in [0, 0.05) is 19.3 Å². The molecule has 0 fully saturated rings. The van der Waals surface area contributed by atoms with Crippen LogP contribution in [0.25, 0.3) is 0 Å². The van der Waals surface area contributed by atoms with Crippen LogP contribution in [-0.4, -0.2) is 37.8 Å². The molecule has 0 heterocycles. The van der Waals surface area contributed by atoms with Gasteiger partial charge in [-0.25, -0.2) is 0 Å². The van der Waals surface area contributed by atoms with E-state index in [0.29, 0.717) is 5.11 Å². The number of anilines is 1. The van der Waals surface area contributed by atoms with Crippen LogP contribution in [-0.2, 0) is 12.8 Å². The van der Waals surface area contributed by atoms with Gasteiger partial charge in [0.1, 0.15) is 0 Å². The molecule has 2 rings (SSSR count). The summed E-state index contributed by atoms with van der Waals surface area (Å²) in [7, 11) is 5.29. The van der Waals surface area contributed by atoms with E-state index in [4.69, 9.17) is 21.7 Å². The number of thiocarbonyl (C=S) groups is 1. The molecule has 2 aromatic carbocycles. The molecular weight excluding hydrogens is 332 g/mol. The summed E-state index contributed by atoms with van der Waals surface area (Å²) in [6.45, 7) is 2.96. The molecule has 25 heavy (non-hydrogen) atoms. The molecule has 0 bridgehead atoms. The van der Waals surface area contributed by atoms with E-state index in [9.17, 15) is 0 Å². The summed E-state index contributed by atoms with van der Waals surface area (Å²) in [5, 5.41) is 4.00. The Labute approximate surface area is 155 Å². The van der Waals surface area contributed by atoms with Gasteiger partial charge in [-0.15, -0.1) is 0 Å². The molecule has 4 nitrogen and oxygen atoms in total. The highest BCUT2D eigenvalue weighted by Gasteiger charge is 2.08. The molecule has 0 saturated carbocycles. The van der Waals surface area contributed by atoms with Crippen LogP contribution in [0, 0.1) is 0 Å². The Kier molecular flexibility index (Phi) is 7.07. The number of ether oxygens (including phenoxy) is 2. The van der Waals surface area contributed by atoms with Crippen molar-refractivity contribution in [1.82, 2.24) is 4.90 Å². The summed E-state index contributed by atoms with van der Waals surface area (Å²) in [5.74, 6) is 1.49. The quantitative estimate of drug-likeness (QED) is 0.753. The molecule has 0 aromatic heterocycles. The fourth-order valence-electron chi connectivity index (χ4n) is 2.48. The molecule has 0 aliphatic heterocycles. The molecule has 0 spiro atoms. The molecule has 0 atom stereocenters. The predicted octanol–water partition coefficient (Wildman–Crippen LogP) is 4.14. The van der Waals surface area contributed by atoms with Crippen LogP contribution in [0.1, 0.15) is 18.1 Å². The number of rotatable bonds is 7. The predicted molar refractivity (Wildman–Crippen MR) is 108 cm³/mol. The average Bonchev–Trinajstić information content (AvgIpc) is 2.66. The fraction of sp³-hybridized carbons (Fsp3) is 0.350. The van der Waals surface area contributed by atoms with Gasteiger partial charge in [0.15, 0.2) is 16.6 Å². The normalized spacial score (nSPS) is 10.2. The van der Waals surface area contributed by atoms with Gasteiger partial charge < -0.3 is 19.7 Å². The van der Waals surface area contributed by atoms with Crippen LogP contribution in [0.3, 0.4) is 0 Å². The first-order valence-electron chi connectivity index (χ1n) is 8.39. The Morgan fingerprint density at radius 3 is 2.24 bits per heavy atom. The van der Waals surface area contributed by atoms with E-state index >= 15 is 0 Å². The minimum atomic E-state index is 0.713. The Bertz CT molecular complexity index is 701. The van der Waals surface area contributed by atoms with Crippen molar-refractivity contribution in [3.8, 4) is 11.5 Å². The number of aryl methyl sites for hydroxylation is 1. The Hall–Kier alpha value is -2.27. The molecule has 0 saturated heterocycles. The first kappa shape index (κ1) is 19.1. The van der Waals surface area contributed by atoms with Crippen LogP contribution < -0.4 is 14.8 Å². The van der Waals surface area contributed by atoms with E-state index in [1.807, 2.05) is 24.1 Å². The third kappa shape index (κ3) is 5.36. The Balaban J connectivity index is 1.90. The van der Waals surface area contributed by atoms with Gasteiger partial charge in [-0.3, -0.25) is 0 Å². The van der Waals surface area contributed by atoms with Crippen molar-refractivity contribution < 1.29 is 9.47 Å². The van der Waals surface area contributed by atoms with Crippen LogP contribution in [0.4, 0.5) is 5.69 Å². The number of nitrogens with zero attached hydrogens (tertiary/aromatic N) is 1. The van der Waals surface area contributed by atoms with Crippen molar-refractivity contribution in [1.29, 1.82) is 0 Å². The highest BCUT2D eigenvalue weighted by Crippen LogP contribution is 2.27. The lowest BCUT2D eigenvalue weighted by atomic mass is 10.1. The van der Waals surface area contributed by atoms with E-state index < -0.39 is 0 Å². The smallest absolute Gasteiger partial charge is 0.173 e. The topological polar surface area (TPSA) is 33.7 Å². The van der Waals surface area contributed by atoms with Crippen molar-refractivity contribution in [2.75, 3.05) is 33.1 Å². The molecule has 2 aromatic rings. The Morgan fingerprint density at radius 2 is 1.64 bits per heavy atom. The van der Waals surface area contributed by atoms with Crippen molar-refractivity contribution in [2.45, 2.75) is 19.8 Å². The van der Waals surface area contributed by atoms with Crippen LogP contribution in [0.2, 0.25) is 0 Å². The summed E-state index contributed by atoms with van der Waals surface area (Å²) in [4.78, 5) is 2.04. The molecule has 0 aliphatic carbocycles. The second-order valence-electron chi connectivity index (χ2n) is 5.84. The molecule has 0 unspecified atom stereocenters. The minimum Gasteiger partial charge on any atom is -0.493 e. The van der Waals surface area contributed by atoms with E-state index in [1.165, 1.54) is 11.1 Å². The monoisotopic (exact) mass is 358 g/mol. The SMILES string of the molecule is CCc1ccc(NC(=S)N(C)CCc2ccc(OC)c(OC)c2)cc1. The van der Waals surface area contributed by atoms with Crippen LogP contribution in [0.5, 0.6) is 11.5 Å². The number of benzene rings is 2. The van der Waals surface area contributed by atoms with E-state index in [-0.39, 0.29) is 0 Å². The average molecular weight is 359 g/mol. The lowest BCUT2D eigenvalue weighted by Gasteiger charge is -2.21. The van der Waals surface area contributed by atoms with Gasteiger partial charge in [-0.1, -0.05) is 25.1 Å². The molecule has 1 N–H and O–H groups in total. The summed E-state index contributed by atoms with van der Waals surface area (Å²) in [6.07, 6.45) is 1.91. The van der Waals surface area contributed by atoms with Gasteiger partial charge in [0.05, 0.1) is 14.2 Å². The molecule has 0 aliphatic rings. The third-order valence-electron chi connectivity index (χ3n) is 4.14. The number of hydrogen-bond acceptors (Lipinski definition) is 3. The molecule has 134 valence electrons. The number of methoxy groups -OCH3 is 2. The van der Waals surface area contributed by atoms with Gasteiger partial charge in [-0.2, -0.15) is 0 Å². The third-order valence-corrected chi connectivity index (χ3v) is 4.56. The highest BCUT2D eigenvalue weighted by atomic mass is 32.1. The van der Waals surface area contributed by atoms with E-state index in [2.05, 4.69) is 42.6 Å². The van der Waals surface area contributed by atoms with Gasteiger partial charge >= 0.3 is 0 Å². The van der Waals surface area contributed by atoms with Crippen molar-refractivity contribution >= 4 is 23.0 Å². The maximum atomic E-state index is 5.49. The van der Waals surface area contributed by atoms with Crippen LogP contribution in [0.15, 0.2) is 42.5 Å². The first-order chi connectivity index (χ1) is 12.1. The molecular formula is C20H26N2O2S. The largest absolute Gasteiger partial charge is 0.493 e. The summed E-state index contributed by atoms with van der Waals surface area (Å²) in [6, 6.07) is 14.4. The number of likely N-dealkylation sites (N-methyl/N-ethyl adjacent to an activating group) is 1. The second-order valence-corrected chi connectivity index (χ2v) is 6.23. The lowest BCUT2D eigenvalue weighted by Crippen LogP contribution is -2.32. The molecule has 0 radical (unpaired) electrons. The number of nitrogens with one attached hydrogen (secondary N) is 1. The summed E-state index contributed by atoms with van der Waals surface area (Å²) in [5.41, 5.74) is 3.51. The van der Waals surface area contributed by atoms with E-state index in [1.54, 1.807) is 14.2 Å². The van der Waals surface area contributed by atoms with Crippen molar-refractivity contribution in [2.24, 2.45) is 0 Å². The van der Waals surface area contributed by atoms with Crippen molar-refractivity contribution in [3.05, 3.63) is 53.6 Å². The zero-order chi connectivity index (χ0) is 18.2. The fourth-order valence-corrected chi connectivity index (χ4v) is 2.69. The number of hydrogen-bond donors (Lipinski definition) is 1. The van der Waals surface area contributed by atoms with Gasteiger partial charge in [-0.05, 0) is 60.5 Å². The van der Waals surface area contributed by atoms with Gasteiger partial charge in [0.25, 0.3) is 0 Å². The lowest BCUT2D eigenvalue weighted by molar-refractivity contribution is 0.354. The zero-order valence-corrected chi connectivity index (χ0v) is 16.2. The van der Waals surface area contributed by atoms with Gasteiger partial charge in [0.2, 0.25) is 0 Å². The summed E-state index contributed by atoms with van der Waals surface area (Å²) < 4.78 is 10.6. The maximum Gasteiger partial charge on any atom is 0.173 e. The van der Waals surface area contributed by atoms with Crippen LogP contribution >= 0.6 is 12.2 Å². The standard InChI is InChI=1S/C20H26N2O2S/c1-5-15-6-9-17(10-7-15)21-20(25)22(2)13-12-16-8-11-18(23-3)19(14-16)24-4/h6-11,14H,5,12-13H2,1-4H3,(H,21,25). The maximum absolute atomic E-state index is 5.49. The van der Waals surface area contributed by atoms with E-state index in [0.717, 1.165) is 36.6 Å². The zero-order valence-electron chi connectivity index (χ0n) is 15.3. The second kappa shape index (κ2) is 9.28. The highest BCUT2D eigenvalue weighted by molar-refractivity contribution is 7.80. The Morgan fingerprint density at radius 1 is 1.00 bits per heavy atom. The molecule has 0 amide bonds. The summed E-state index contributed by atoms with van der Waals surface area (Å²) >= 11 is 5.49.